The molecule has 17 nitrogen and oxygen atoms in total. The summed E-state index contributed by atoms with van der Waals surface area (Å²) < 4.78 is 0. The van der Waals surface area contributed by atoms with Gasteiger partial charge in [0.1, 0.15) is 18.1 Å². The van der Waals surface area contributed by atoms with E-state index in [0.717, 1.165) is 0 Å². The fraction of sp³-hybridized carbons (Fsp3) is 0.682. The van der Waals surface area contributed by atoms with Gasteiger partial charge in [0.2, 0.25) is 17.7 Å². The van der Waals surface area contributed by atoms with Crippen LogP contribution in [0.1, 0.15) is 57.8 Å². The highest BCUT2D eigenvalue weighted by Crippen LogP contribution is 2.07. The molecule has 0 radical (unpaired) electrons. The Morgan fingerprint density at radius 3 is 1.64 bits per heavy atom. The predicted octanol–water partition coefficient (Wildman–Crippen LogP) is -3.24. The van der Waals surface area contributed by atoms with Crippen LogP contribution in [0.4, 0.5) is 0 Å². The molecule has 4 atom stereocenters. The van der Waals surface area contributed by atoms with Crippen LogP contribution in [0, 0.1) is 0 Å². The second-order valence-electron chi connectivity index (χ2n) is 8.73. The van der Waals surface area contributed by atoms with E-state index in [4.69, 9.17) is 33.1 Å². The Kier molecular flexibility index (Phi) is 17.2. The van der Waals surface area contributed by atoms with E-state index in [1.165, 1.54) is 0 Å². The number of unbranched alkanes of at least 4 members (excludes halogenated alkanes) is 1. The number of rotatable bonds is 21. The van der Waals surface area contributed by atoms with Gasteiger partial charge >= 0.3 is 17.9 Å². The minimum atomic E-state index is -1.56. The number of carboxylic acids is 3. The number of carboxylic acid groups (broad SMARTS) is 3. The molecule has 0 aromatic heterocycles. The lowest BCUT2D eigenvalue weighted by atomic mass is 10.0. The molecule has 14 N–H and O–H groups in total. The Morgan fingerprint density at radius 2 is 1.15 bits per heavy atom. The molecule has 3 amide bonds. The summed E-state index contributed by atoms with van der Waals surface area (Å²) in [6, 6.07) is -5.26. The van der Waals surface area contributed by atoms with E-state index in [-0.39, 0.29) is 38.2 Å². The lowest BCUT2D eigenvalue weighted by molar-refractivity contribution is -0.143. The molecular weight excluding hydrogens is 520 g/mol. The van der Waals surface area contributed by atoms with Crippen LogP contribution in [0.15, 0.2) is 4.99 Å². The first-order chi connectivity index (χ1) is 18.3. The second-order valence-corrected chi connectivity index (χ2v) is 8.73. The molecule has 39 heavy (non-hydrogen) atoms. The molecule has 0 saturated carbocycles. The first-order valence-electron chi connectivity index (χ1n) is 12.4. The lowest BCUT2D eigenvalue weighted by Gasteiger charge is -2.25. The van der Waals surface area contributed by atoms with Crippen molar-refractivity contribution in [2.45, 2.75) is 82.0 Å². The third kappa shape index (κ3) is 16.5. The number of nitrogens with two attached hydrogens (primary N) is 4. The van der Waals surface area contributed by atoms with Gasteiger partial charge in [-0.1, -0.05) is 6.42 Å². The first kappa shape index (κ1) is 35.0. The number of carbonyl (C=O) groups excluding carboxylic acids is 3. The summed E-state index contributed by atoms with van der Waals surface area (Å²) in [6.07, 6.45) is -0.193. The fourth-order valence-corrected chi connectivity index (χ4v) is 3.30. The quantitative estimate of drug-likeness (QED) is 0.0375. The highest BCUT2D eigenvalue weighted by molar-refractivity contribution is 5.94. The van der Waals surface area contributed by atoms with Crippen molar-refractivity contribution in [1.82, 2.24) is 16.0 Å². The van der Waals surface area contributed by atoms with E-state index in [9.17, 15) is 33.9 Å². The van der Waals surface area contributed by atoms with Crippen molar-refractivity contribution in [3.63, 3.8) is 0 Å². The molecule has 0 bridgehead atoms. The van der Waals surface area contributed by atoms with Gasteiger partial charge in [-0.3, -0.25) is 29.0 Å². The standard InChI is InChI=1S/C22H40N8O9/c23-10-2-1-4-12(24)18(35)28-14(6-8-16(31)32)20(37)29-13(5-3-11-27-22(25)26)19(36)30-15(21(38)39)7-9-17(33)34/h12-15H,1-11,23-24H2,(H,28,35)(H,29,37)(H,30,36)(H,31,32)(H,33,34)(H,38,39)(H4,25,26,27)/t12-,13-,14-,15-/m0/s1. The van der Waals surface area contributed by atoms with Gasteiger partial charge in [-0.2, -0.15) is 0 Å². The van der Waals surface area contributed by atoms with Crippen LogP contribution in [-0.2, 0) is 28.8 Å². The maximum Gasteiger partial charge on any atom is 0.326 e. The van der Waals surface area contributed by atoms with Crippen molar-refractivity contribution >= 4 is 41.6 Å². The Morgan fingerprint density at radius 1 is 0.667 bits per heavy atom. The summed E-state index contributed by atoms with van der Waals surface area (Å²) in [5.74, 6) is -6.74. The molecule has 0 heterocycles. The highest BCUT2D eigenvalue weighted by Gasteiger charge is 2.30. The van der Waals surface area contributed by atoms with Crippen LogP contribution in [0.2, 0.25) is 0 Å². The number of hydrogen-bond acceptors (Lipinski definition) is 9. The van der Waals surface area contributed by atoms with Crippen LogP contribution in [0.5, 0.6) is 0 Å². The van der Waals surface area contributed by atoms with Gasteiger partial charge < -0.3 is 54.2 Å². The van der Waals surface area contributed by atoms with Crippen LogP contribution in [0.25, 0.3) is 0 Å². The molecule has 0 unspecified atom stereocenters. The monoisotopic (exact) mass is 560 g/mol. The van der Waals surface area contributed by atoms with Crippen LogP contribution < -0.4 is 38.9 Å². The Balaban J connectivity index is 5.67. The number of nitrogens with one attached hydrogen (secondary N) is 3. The molecule has 0 aromatic carbocycles. The molecule has 0 saturated heterocycles. The van der Waals surface area contributed by atoms with Gasteiger partial charge in [0, 0.05) is 19.4 Å². The maximum absolute atomic E-state index is 13.0. The molecule has 222 valence electrons. The van der Waals surface area contributed by atoms with E-state index in [2.05, 4.69) is 20.9 Å². The largest absolute Gasteiger partial charge is 0.481 e. The zero-order chi connectivity index (χ0) is 30.0. The van der Waals surface area contributed by atoms with Gasteiger partial charge in [0.15, 0.2) is 5.96 Å². The smallest absolute Gasteiger partial charge is 0.326 e. The normalized spacial score (nSPS) is 13.7. The van der Waals surface area contributed by atoms with Crippen molar-refractivity contribution in [2.24, 2.45) is 27.9 Å². The molecule has 17 heteroatoms. The average molecular weight is 561 g/mol. The topological polar surface area (TPSA) is 316 Å². The third-order valence-corrected chi connectivity index (χ3v) is 5.43. The van der Waals surface area contributed by atoms with E-state index in [1.807, 2.05) is 0 Å². The van der Waals surface area contributed by atoms with Crippen molar-refractivity contribution in [1.29, 1.82) is 0 Å². The second kappa shape index (κ2) is 19.1. The lowest BCUT2D eigenvalue weighted by Crippen LogP contribution is -2.57. The van der Waals surface area contributed by atoms with Gasteiger partial charge in [-0.15, -0.1) is 0 Å². The number of nitrogens with zero attached hydrogens (tertiary/aromatic N) is 1. The Hall–Kier alpha value is -3.99. The van der Waals surface area contributed by atoms with Crippen molar-refractivity contribution in [2.75, 3.05) is 13.1 Å². The molecule has 0 aliphatic heterocycles. The average Bonchev–Trinajstić information content (AvgIpc) is 2.84. The number of hydrogen-bond donors (Lipinski definition) is 10. The number of guanidine groups is 1. The van der Waals surface area contributed by atoms with Crippen molar-refractivity contribution in [3.8, 4) is 0 Å². The van der Waals surface area contributed by atoms with Crippen molar-refractivity contribution < 1.29 is 44.1 Å². The van der Waals surface area contributed by atoms with Crippen LogP contribution in [-0.4, -0.2) is 94.2 Å². The van der Waals surface area contributed by atoms with Crippen LogP contribution in [0.3, 0.4) is 0 Å². The van der Waals surface area contributed by atoms with Crippen molar-refractivity contribution in [3.05, 3.63) is 0 Å². The Bertz CT molecular complexity index is 880. The zero-order valence-corrected chi connectivity index (χ0v) is 21.6. The summed E-state index contributed by atoms with van der Waals surface area (Å²) in [6.45, 7) is 0.476. The van der Waals surface area contributed by atoms with Gasteiger partial charge in [0.05, 0.1) is 6.04 Å². The number of aliphatic carboxylic acids is 3. The number of aliphatic imine (C=N–C) groups is 1. The summed E-state index contributed by atoms with van der Waals surface area (Å²) in [5.41, 5.74) is 21.8. The predicted molar refractivity (Wildman–Crippen MR) is 138 cm³/mol. The molecule has 0 aliphatic rings. The SMILES string of the molecule is NCCCC[C@H](N)C(=O)N[C@@H](CCC(=O)O)C(=O)N[C@@H](CCCN=C(N)N)C(=O)N[C@@H](CCC(=O)O)C(=O)O. The molecule has 0 aliphatic carbocycles. The molecule has 0 spiro atoms. The van der Waals surface area contributed by atoms with E-state index in [0.29, 0.717) is 19.4 Å². The molecular formula is C22H40N8O9. The van der Waals surface area contributed by atoms with Gasteiger partial charge in [0.25, 0.3) is 0 Å². The third-order valence-electron chi connectivity index (χ3n) is 5.43. The Labute approximate surface area is 225 Å². The van der Waals surface area contributed by atoms with E-state index < -0.39 is 79.1 Å². The molecule has 0 rings (SSSR count). The minimum Gasteiger partial charge on any atom is -0.481 e. The summed E-state index contributed by atoms with van der Waals surface area (Å²) >= 11 is 0. The van der Waals surface area contributed by atoms with E-state index in [1.54, 1.807) is 0 Å². The minimum absolute atomic E-state index is 0.0696. The first-order valence-corrected chi connectivity index (χ1v) is 12.4. The maximum atomic E-state index is 13.0. The summed E-state index contributed by atoms with van der Waals surface area (Å²) in [7, 11) is 0. The summed E-state index contributed by atoms with van der Waals surface area (Å²) in [5, 5.41) is 34.2. The number of carbonyl (C=O) groups is 6. The zero-order valence-electron chi connectivity index (χ0n) is 21.6. The number of amides is 3. The van der Waals surface area contributed by atoms with Gasteiger partial charge in [-0.25, -0.2) is 4.79 Å². The molecule has 0 fully saturated rings. The molecule has 0 aromatic rings. The van der Waals surface area contributed by atoms with E-state index >= 15 is 0 Å². The summed E-state index contributed by atoms with van der Waals surface area (Å²) in [4.78, 5) is 75.7. The highest BCUT2D eigenvalue weighted by atomic mass is 16.4. The van der Waals surface area contributed by atoms with Crippen LogP contribution >= 0.6 is 0 Å². The van der Waals surface area contributed by atoms with Gasteiger partial charge in [-0.05, 0) is 45.1 Å². The fourth-order valence-electron chi connectivity index (χ4n) is 3.30.